The molecular formula is C18H19F3N2O2S. The number of halogens is 3. The van der Waals surface area contributed by atoms with Gasteiger partial charge in [0.1, 0.15) is 0 Å². The molecule has 2 aromatic rings. The van der Waals surface area contributed by atoms with Crippen LogP contribution >= 0.6 is 11.3 Å². The number of alkyl halides is 3. The lowest BCUT2D eigenvalue weighted by atomic mass is 10.0. The van der Waals surface area contributed by atoms with Gasteiger partial charge in [0.05, 0.1) is 16.5 Å². The molecule has 140 valence electrons. The van der Waals surface area contributed by atoms with Gasteiger partial charge in [0, 0.05) is 13.0 Å². The molecule has 1 aromatic heterocycles. The van der Waals surface area contributed by atoms with Crippen molar-refractivity contribution < 1.29 is 22.8 Å². The first-order chi connectivity index (χ1) is 12.3. The maximum Gasteiger partial charge on any atom is 0.416 e. The van der Waals surface area contributed by atoms with E-state index in [1.807, 2.05) is 0 Å². The third-order valence-electron chi connectivity index (χ3n) is 3.70. The molecule has 26 heavy (non-hydrogen) atoms. The first kappa shape index (κ1) is 20.0. The number of carbonyl (C=O) groups excluding carboxylic acids is 2. The zero-order valence-electron chi connectivity index (χ0n) is 14.1. The Balaban J connectivity index is 1.76. The highest BCUT2D eigenvalue weighted by molar-refractivity contribution is 7.12. The summed E-state index contributed by atoms with van der Waals surface area (Å²) in [5.74, 6) is -0.460. The Labute approximate surface area is 153 Å². The Morgan fingerprint density at radius 2 is 1.96 bits per heavy atom. The zero-order chi connectivity index (χ0) is 19.2. The van der Waals surface area contributed by atoms with Crippen molar-refractivity contribution in [1.29, 1.82) is 0 Å². The fraction of sp³-hybridized carbons (Fsp3) is 0.333. The molecular weight excluding hydrogens is 365 g/mol. The Hall–Kier alpha value is -2.35. The van der Waals surface area contributed by atoms with Gasteiger partial charge < -0.3 is 10.6 Å². The number of thiophene rings is 1. The number of amides is 2. The molecule has 0 saturated carbocycles. The van der Waals surface area contributed by atoms with Gasteiger partial charge in [-0.3, -0.25) is 9.59 Å². The standard InChI is InChI=1S/C18H19F3N2O2S/c1-12(13-5-2-6-14(11-13)18(19,20)21)23-16(24)8-3-9-22-17(25)15-7-4-10-26-15/h2,4-7,10-12H,3,8-9H2,1H3,(H,22,25)(H,23,24). The Kier molecular flexibility index (Phi) is 6.79. The van der Waals surface area contributed by atoms with Gasteiger partial charge in [-0.25, -0.2) is 0 Å². The Bertz CT molecular complexity index is 745. The quantitative estimate of drug-likeness (QED) is 0.705. The highest BCUT2D eigenvalue weighted by atomic mass is 32.1. The minimum atomic E-state index is -4.42. The normalized spacial score (nSPS) is 12.5. The molecule has 0 aliphatic carbocycles. The summed E-state index contributed by atoms with van der Waals surface area (Å²) in [6.07, 6.45) is -3.80. The van der Waals surface area contributed by atoms with Crippen LogP contribution in [0.4, 0.5) is 13.2 Å². The predicted octanol–water partition coefficient (Wildman–Crippen LogP) is 4.15. The number of benzene rings is 1. The molecule has 0 bridgehead atoms. The van der Waals surface area contributed by atoms with Crippen molar-refractivity contribution in [1.82, 2.24) is 10.6 Å². The van der Waals surface area contributed by atoms with Gasteiger partial charge in [-0.15, -0.1) is 11.3 Å². The molecule has 4 nitrogen and oxygen atoms in total. The fourth-order valence-corrected chi connectivity index (χ4v) is 2.97. The summed E-state index contributed by atoms with van der Waals surface area (Å²) in [7, 11) is 0. The summed E-state index contributed by atoms with van der Waals surface area (Å²) in [5, 5.41) is 7.19. The van der Waals surface area contributed by atoms with Crippen LogP contribution in [0.1, 0.15) is 46.6 Å². The van der Waals surface area contributed by atoms with Gasteiger partial charge in [0.15, 0.2) is 0 Å². The van der Waals surface area contributed by atoms with Crippen molar-refractivity contribution in [3.8, 4) is 0 Å². The number of hydrogen-bond acceptors (Lipinski definition) is 3. The largest absolute Gasteiger partial charge is 0.416 e. The number of rotatable bonds is 7. The fourth-order valence-electron chi connectivity index (χ4n) is 2.33. The molecule has 1 aromatic carbocycles. The van der Waals surface area contributed by atoms with Crippen LogP contribution in [0.25, 0.3) is 0 Å². The van der Waals surface area contributed by atoms with E-state index in [9.17, 15) is 22.8 Å². The van der Waals surface area contributed by atoms with Crippen LogP contribution < -0.4 is 10.6 Å². The molecule has 0 spiro atoms. The minimum absolute atomic E-state index is 0.175. The molecule has 1 heterocycles. The lowest BCUT2D eigenvalue weighted by Crippen LogP contribution is -2.29. The summed E-state index contributed by atoms with van der Waals surface area (Å²) in [6, 6.07) is 7.85. The van der Waals surface area contributed by atoms with Crippen LogP contribution in [0.15, 0.2) is 41.8 Å². The van der Waals surface area contributed by atoms with Gasteiger partial charge in [0.2, 0.25) is 5.91 Å². The first-order valence-corrected chi connectivity index (χ1v) is 8.93. The maximum absolute atomic E-state index is 12.7. The third-order valence-corrected chi connectivity index (χ3v) is 4.57. The molecule has 2 amide bonds. The van der Waals surface area contributed by atoms with Crippen molar-refractivity contribution in [2.75, 3.05) is 6.54 Å². The second kappa shape index (κ2) is 8.84. The average molecular weight is 384 g/mol. The lowest BCUT2D eigenvalue weighted by Gasteiger charge is -2.16. The average Bonchev–Trinajstić information content (AvgIpc) is 3.12. The summed E-state index contributed by atoms with van der Waals surface area (Å²) in [6.45, 7) is 1.98. The van der Waals surface area contributed by atoms with Crippen LogP contribution in [0.5, 0.6) is 0 Å². The predicted molar refractivity (Wildman–Crippen MR) is 93.9 cm³/mol. The smallest absolute Gasteiger partial charge is 0.351 e. The van der Waals surface area contributed by atoms with Crippen LogP contribution in [0.2, 0.25) is 0 Å². The topological polar surface area (TPSA) is 58.2 Å². The Morgan fingerprint density at radius 3 is 2.62 bits per heavy atom. The molecule has 0 saturated heterocycles. The SMILES string of the molecule is CC(NC(=O)CCCNC(=O)c1cccs1)c1cccc(C(F)(F)F)c1. The Morgan fingerprint density at radius 1 is 1.19 bits per heavy atom. The molecule has 2 rings (SSSR count). The molecule has 0 fully saturated rings. The van der Waals surface area contributed by atoms with Crippen molar-refractivity contribution in [2.24, 2.45) is 0 Å². The highest BCUT2D eigenvalue weighted by Crippen LogP contribution is 2.30. The molecule has 0 aliphatic rings. The van der Waals surface area contributed by atoms with Gasteiger partial charge in [-0.05, 0) is 42.5 Å². The van der Waals surface area contributed by atoms with E-state index in [1.54, 1.807) is 30.5 Å². The molecule has 0 aliphatic heterocycles. The summed E-state index contributed by atoms with van der Waals surface area (Å²) in [4.78, 5) is 24.3. The molecule has 1 atom stereocenters. The zero-order valence-corrected chi connectivity index (χ0v) is 14.9. The van der Waals surface area contributed by atoms with Crippen LogP contribution in [-0.4, -0.2) is 18.4 Å². The summed E-state index contributed by atoms with van der Waals surface area (Å²) >= 11 is 1.33. The van der Waals surface area contributed by atoms with Gasteiger partial charge in [-0.1, -0.05) is 18.2 Å². The van der Waals surface area contributed by atoms with E-state index in [2.05, 4.69) is 10.6 Å². The van der Waals surface area contributed by atoms with Crippen LogP contribution in [-0.2, 0) is 11.0 Å². The van der Waals surface area contributed by atoms with Crippen LogP contribution in [0.3, 0.4) is 0 Å². The summed E-state index contributed by atoms with van der Waals surface area (Å²) in [5.41, 5.74) is -0.355. The van der Waals surface area contributed by atoms with Crippen molar-refractivity contribution in [3.63, 3.8) is 0 Å². The maximum atomic E-state index is 12.7. The molecule has 1 unspecified atom stereocenters. The van der Waals surface area contributed by atoms with E-state index in [1.165, 1.54) is 17.4 Å². The molecule has 0 radical (unpaired) electrons. The van der Waals surface area contributed by atoms with Crippen molar-refractivity contribution in [2.45, 2.75) is 32.0 Å². The monoisotopic (exact) mass is 384 g/mol. The van der Waals surface area contributed by atoms with Crippen LogP contribution in [0, 0.1) is 0 Å². The number of hydrogen-bond donors (Lipinski definition) is 2. The van der Waals surface area contributed by atoms with E-state index in [4.69, 9.17) is 0 Å². The third kappa shape index (κ3) is 5.87. The number of carbonyl (C=O) groups is 2. The van der Waals surface area contributed by atoms with Gasteiger partial charge in [0.25, 0.3) is 5.91 Å². The minimum Gasteiger partial charge on any atom is -0.351 e. The van der Waals surface area contributed by atoms with E-state index in [-0.39, 0.29) is 18.2 Å². The second-order valence-electron chi connectivity index (χ2n) is 5.75. The number of nitrogens with one attached hydrogen (secondary N) is 2. The van der Waals surface area contributed by atoms with Gasteiger partial charge >= 0.3 is 6.18 Å². The van der Waals surface area contributed by atoms with E-state index >= 15 is 0 Å². The van der Waals surface area contributed by atoms with E-state index in [0.717, 1.165) is 12.1 Å². The highest BCUT2D eigenvalue weighted by Gasteiger charge is 2.30. The lowest BCUT2D eigenvalue weighted by molar-refractivity contribution is -0.137. The second-order valence-corrected chi connectivity index (χ2v) is 6.70. The summed E-state index contributed by atoms with van der Waals surface area (Å²) < 4.78 is 38.2. The van der Waals surface area contributed by atoms with E-state index < -0.39 is 17.8 Å². The van der Waals surface area contributed by atoms with E-state index in [0.29, 0.717) is 23.4 Å². The van der Waals surface area contributed by atoms with Gasteiger partial charge in [-0.2, -0.15) is 13.2 Å². The van der Waals surface area contributed by atoms with Crippen molar-refractivity contribution in [3.05, 3.63) is 57.8 Å². The van der Waals surface area contributed by atoms with Crippen molar-refractivity contribution >= 4 is 23.2 Å². The first-order valence-electron chi connectivity index (χ1n) is 8.05. The molecule has 2 N–H and O–H groups in total. The molecule has 8 heteroatoms.